The highest BCUT2D eigenvalue weighted by molar-refractivity contribution is 7.11. The van der Waals surface area contributed by atoms with Gasteiger partial charge in [0.05, 0.1) is 112 Å². The average Bonchev–Trinajstić information content (AvgIpc) is 0.776. The van der Waals surface area contributed by atoms with Gasteiger partial charge >= 0.3 is 0 Å². The van der Waals surface area contributed by atoms with Crippen LogP contribution in [0.5, 0.6) is 115 Å². The normalized spacial score (nSPS) is 21.6. The summed E-state index contributed by atoms with van der Waals surface area (Å²) in [5, 5.41) is 62.7. The summed E-state index contributed by atoms with van der Waals surface area (Å²) in [5.41, 5.74) is 2.26. The molecule has 0 fully saturated rings. The Morgan fingerprint density at radius 1 is 0.347 bits per heavy atom. The lowest BCUT2D eigenvalue weighted by Crippen LogP contribution is -2.42. The summed E-state index contributed by atoms with van der Waals surface area (Å²) in [6.45, 7) is 0. The number of methoxy groups -OCH3 is 11. The lowest BCUT2D eigenvalue weighted by molar-refractivity contribution is -0.0343. The van der Waals surface area contributed by atoms with E-state index in [1.165, 1.54) is 66.9 Å². The number of aliphatic hydroxyl groups is 1. The molecule has 4 radical (unpaired) electrons. The molecule has 0 saturated heterocycles. The van der Waals surface area contributed by atoms with Crippen LogP contribution in [0.15, 0.2) is 91.0 Å². The topological polar surface area (TPSA) is 277 Å². The molecule has 4 aliphatic rings. The highest BCUT2D eigenvalue weighted by Gasteiger charge is 2.55. The minimum Gasteiger partial charge on any atom is -0.508 e. The number of aromatic hydroxyl groups is 4. The number of benzene rings is 8. The van der Waals surface area contributed by atoms with E-state index in [1.807, 2.05) is 12.1 Å². The fraction of sp³-hybridized carbons (Fsp3) is 0.324. The van der Waals surface area contributed by atoms with Crippen molar-refractivity contribution in [2.24, 2.45) is 0 Å². The quantitative estimate of drug-likeness (QED) is 0.0240. The minimum atomic E-state index is -1.77. The van der Waals surface area contributed by atoms with E-state index in [0.717, 1.165) is 0 Å². The van der Waals surface area contributed by atoms with Crippen molar-refractivity contribution < 1.29 is 115 Å². The van der Waals surface area contributed by atoms with Gasteiger partial charge in [0, 0.05) is 84.9 Å². The Labute approximate surface area is 594 Å². The maximum absolute atomic E-state index is 14.1. The van der Waals surface area contributed by atoms with Crippen molar-refractivity contribution in [2.75, 3.05) is 78.2 Å². The number of aliphatic hydroxyl groups excluding tert-OH is 1. The van der Waals surface area contributed by atoms with Gasteiger partial charge in [0.2, 0.25) is 0 Å². The molecule has 0 saturated carbocycles. The molecule has 5 N–H and O–H groups in total. The van der Waals surface area contributed by atoms with E-state index >= 15 is 0 Å². The van der Waals surface area contributed by atoms with E-state index in [2.05, 4.69) is 37.9 Å². The van der Waals surface area contributed by atoms with E-state index in [9.17, 15) is 25.5 Å². The maximum atomic E-state index is 14.1. The predicted octanol–water partition coefficient (Wildman–Crippen LogP) is 9.72. The Balaban J connectivity index is 1.21. The molecule has 8 aromatic carbocycles. The maximum Gasteiger partial charge on any atom is 0.165 e. The van der Waals surface area contributed by atoms with Crippen molar-refractivity contribution in [1.29, 1.82) is 0 Å². The van der Waals surface area contributed by atoms with E-state index in [1.54, 1.807) is 90.1 Å². The van der Waals surface area contributed by atoms with Gasteiger partial charge in [-0.05, 0) is 81.7 Å². The molecule has 4 aliphatic heterocycles. The fourth-order valence-corrected chi connectivity index (χ4v) is 15.4. The Morgan fingerprint density at radius 2 is 0.762 bits per heavy atom. The summed E-state index contributed by atoms with van der Waals surface area (Å²) in [5.74, 6) is -3.29. The molecule has 12 rings (SSSR count). The Kier molecular flexibility index (Phi) is 21.3. The first-order valence-electron chi connectivity index (χ1n) is 31.2. The zero-order valence-electron chi connectivity index (χ0n) is 56.7. The largest absolute Gasteiger partial charge is 0.508 e. The molecule has 0 bridgehead atoms. The first kappa shape index (κ1) is 72.2. The van der Waals surface area contributed by atoms with Crippen LogP contribution in [0.25, 0.3) is 0 Å². The van der Waals surface area contributed by atoms with Gasteiger partial charge in [-0.2, -0.15) is 0 Å². The lowest BCUT2D eigenvalue weighted by Gasteiger charge is -2.46. The average molecular weight is 1460 g/mol. The number of phenols is 4. The van der Waals surface area contributed by atoms with Gasteiger partial charge in [0.15, 0.2) is 70.4 Å². The van der Waals surface area contributed by atoms with Gasteiger partial charge in [-0.25, -0.2) is 0 Å². The van der Waals surface area contributed by atoms with Crippen molar-refractivity contribution in [2.45, 2.75) is 73.0 Å². The summed E-state index contributed by atoms with van der Waals surface area (Å²) in [6, 6.07) is 24.5. The number of fused-ring (bicyclic) bond motifs is 4. The van der Waals surface area contributed by atoms with Gasteiger partial charge in [0.25, 0.3) is 0 Å². The molecule has 8 aromatic rings. The minimum absolute atomic E-state index is 0.0110. The standard InChI is InChI=1S/C71H74B2O24P4/c1-79-35-17-13-29(21-39(35)82-4)62-47(87-9)24-32-38(81-3)25-42(84-6)48(66(32)90-62)53-49-43(85-7)26-44(86-8)50(67(49)92-65(70(53)88-10)31-14-18-36(80-2)40(22-31)83-5)54-56-59(76)55(60(77)58(73)69(56)93-64(71(54)89-11)28-12-16-33(74)34(75)20-28)52-51-45(96-100)27-46(97-101)57(72)68(51)91-63(61(52)78)30-15-19-37(94-98)41(23-30)95-99/h12-23,25-27,47,52-54,61-65,70-71,74-78H,24,98-101H2,1-11H3. The van der Waals surface area contributed by atoms with Crippen LogP contribution in [0.4, 0.5) is 0 Å². The SMILES string of the molecule is [B]c1c(OP)cc(OP)c2c1OC(c1ccc(OP)c(OP)c1)C(O)C2c1c(O)c([B])c2c(c1O)C(c1c(OC)cc(OC)c3c1OC(c1ccc(OC)c(OC)c1)C(OC)C3c1c(OC)cc(OC)c3c1OC(c1ccc(OC)c(OC)c1)C(OC)C3)C(OC)C(c1ccc(O)c(O)c1)O2. The Bertz CT molecular complexity index is 4470. The van der Waals surface area contributed by atoms with Crippen LogP contribution >= 0.6 is 37.9 Å². The first-order valence-corrected chi connectivity index (χ1v) is 33.1. The third-order valence-electron chi connectivity index (χ3n) is 19.2. The first-order chi connectivity index (χ1) is 48.8. The Morgan fingerprint density at radius 3 is 1.28 bits per heavy atom. The van der Waals surface area contributed by atoms with Crippen molar-refractivity contribution in [3.05, 3.63) is 152 Å². The van der Waals surface area contributed by atoms with Crippen molar-refractivity contribution in [1.82, 2.24) is 0 Å². The van der Waals surface area contributed by atoms with E-state index in [-0.39, 0.29) is 91.4 Å². The molecule has 4 heterocycles. The second-order valence-electron chi connectivity index (χ2n) is 23.8. The molecule has 528 valence electrons. The zero-order valence-corrected chi connectivity index (χ0v) is 61.3. The van der Waals surface area contributed by atoms with Crippen LogP contribution < -0.4 is 85.9 Å². The second-order valence-corrected chi connectivity index (χ2v) is 24.8. The molecule has 0 aliphatic carbocycles. The van der Waals surface area contributed by atoms with Crippen LogP contribution in [0.2, 0.25) is 0 Å². The van der Waals surface area contributed by atoms with Crippen LogP contribution in [0.3, 0.4) is 0 Å². The van der Waals surface area contributed by atoms with Gasteiger partial charge in [-0.3, -0.25) is 0 Å². The van der Waals surface area contributed by atoms with E-state index in [4.69, 9.17) is 105 Å². The summed E-state index contributed by atoms with van der Waals surface area (Å²) in [7, 11) is 39.6. The number of phenolic OH excluding ortho intramolecular Hbond substituents is 4. The highest BCUT2D eigenvalue weighted by atomic mass is 31.0. The van der Waals surface area contributed by atoms with E-state index < -0.39 is 95.0 Å². The van der Waals surface area contributed by atoms with Crippen molar-refractivity contribution in [3.8, 4) is 115 Å². The molecule has 101 heavy (non-hydrogen) atoms. The summed E-state index contributed by atoms with van der Waals surface area (Å²) >= 11 is 0. The molecule has 0 aromatic heterocycles. The number of hydrogen-bond donors (Lipinski definition) is 5. The Hall–Kier alpha value is -8.55. The monoisotopic (exact) mass is 1460 g/mol. The molecule has 0 amide bonds. The van der Waals surface area contributed by atoms with Gasteiger partial charge in [0.1, 0.15) is 109 Å². The number of rotatable bonds is 22. The van der Waals surface area contributed by atoms with Gasteiger partial charge in [-0.1, -0.05) is 24.3 Å². The van der Waals surface area contributed by atoms with Gasteiger partial charge in [-0.15, -0.1) is 0 Å². The fourth-order valence-electron chi connectivity index (χ4n) is 14.6. The molecule has 15 atom stereocenters. The third-order valence-corrected chi connectivity index (χ3v) is 20.3. The molecule has 0 spiro atoms. The highest BCUT2D eigenvalue weighted by Crippen LogP contribution is 2.65. The summed E-state index contributed by atoms with van der Waals surface area (Å²) in [6.07, 6.45) is -9.31. The molecule has 30 heteroatoms. The van der Waals surface area contributed by atoms with Crippen LogP contribution in [0, 0.1) is 0 Å². The van der Waals surface area contributed by atoms with Crippen molar-refractivity contribution >= 4 is 64.5 Å². The number of ether oxygens (including phenoxy) is 15. The van der Waals surface area contributed by atoms with Crippen LogP contribution in [-0.4, -0.2) is 144 Å². The third kappa shape index (κ3) is 12.1. The summed E-state index contributed by atoms with van der Waals surface area (Å²) < 4.78 is 121. The molecule has 15 unspecified atom stereocenters. The van der Waals surface area contributed by atoms with Crippen LogP contribution in [-0.2, 0) is 20.6 Å². The molecule has 24 nitrogen and oxygen atoms in total. The van der Waals surface area contributed by atoms with E-state index in [0.29, 0.717) is 73.6 Å². The molecular formula is C71H74B2O24P4. The van der Waals surface area contributed by atoms with Gasteiger partial charge < -0.3 is 115 Å². The van der Waals surface area contributed by atoms with Crippen LogP contribution in [0.1, 0.15) is 103 Å². The number of hydrogen-bond acceptors (Lipinski definition) is 24. The smallest absolute Gasteiger partial charge is 0.165 e. The zero-order chi connectivity index (χ0) is 72.2. The molecular weight excluding hydrogens is 1380 g/mol. The van der Waals surface area contributed by atoms with Crippen molar-refractivity contribution in [3.63, 3.8) is 0 Å². The lowest BCUT2D eigenvalue weighted by atomic mass is 9.69. The summed E-state index contributed by atoms with van der Waals surface area (Å²) in [4.78, 5) is 0. The predicted molar refractivity (Wildman–Crippen MR) is 384 cm³/mol. The second kappa shape index (κ2) is 29.8.